The fourth-order valence-corrected chi connectivity index (χ4v) is 2.17. The van der Waals surface area contributed by atoms with Crippen molar-refractivity contribution in [3.8, 4) is 0 Å². The Hall–Kier alpha value is -2.95. The van der Waals surface area contributed by atoms with Gasteiger partial charge in [0.1, 0.15) is 6.04 Å². The molecule has 2 N–H and O–H groups in total. The molecule has 2 amide bonds. The van der Waals surface area contributed by atoms with Crippen molar-refractivity contribution in [3.63, 3.8) is 0 Å². The highest BCUT2D eigenvalue weighted by Crippen LogP contribution is 2.13. The van der Waals surface area contributed by atoms with Crippen molar-refractivity contribution < 1.29 is 9.59 Å². The maximum absolute atomic E-state index is 12.0. The maximum Gasteiger partial charge on any atom is 0.262 e. The molecule has 130 valence electrons. The molecule has 5 nitrogen and oxygen atoms in total. The van der Waals surface area contributed by atoms with Crippen molar-refractivity contribution in [2.45, 2.75) is 32.7 Å². The number of hydrogen-bond acceptors (Lipinski definition) is 3. The topological polar surface area (TPSA) is 70.6 Å². The molecule has 2 aromatic carbocycles. The van der Waals surface area contributed by atoms with Crippen molar-refractivity contribution in [1.82, 2.24) is 10.7 Å². The van der Waals surface area contributed by atoms with Gasteiger partial charge in [-0.2, -0.15) is 5.10 Å². The van der Waals surface area contributed by atoms with E-state index in [9.17, 15) is 9.59 Å². The molecule has 2 aromatic rings. The highest BCUT2D eigenvalue weighted by atomic mass is 16.2. The second kappa shape index (κ2) is 8.78. The van der Waals surface area contributed by atoms with Gasteiger partial charge in [0.25, 0.3) is 11.8 Å². The van der Waals surface area contributed by atoms with Gasteiger partial charge in [0.05, 0.1) is 6.21 Å². The van der Waals surface area contributed by atoms with Crippen molar-refractivity contribution in [2.75, 3.05) is 0 Å². The number of amides is 2. The summed E-state index contributed by atoms with van der Waals surface area (Å²) >= 11 is 0. The van der Waals surface area contributed by atoms with Gasteiger partial charge in [0.15, 0.2) is 0 Å². The molecule has 0 bridgehead atoms. The minimum absolute atomic E-state index is 0.295. The third kappa shape index (κ3) is 5.57. The Morgan fingerprint density at radius 1 is 0.960 bits per heavy atom. The zero-order valence-electron chi connectivity index (χ0n) is 14.7. The van der Waals surface area contributed by atoms with Crippen molar-refractivity contribution >= 4 is 18.0 Å². The van der Waals surface area contributed by atoms with Gasteiger partial charge in [0.2, 0.25) is 0 Å². The van der Waals surface area contributed by atoms with Gasteiger partial charge in [-0.05, 0) is 36.1 Å². The van der Waals surface area contributed by atoms with Crippen LogP contribution in [0.25, 0.3) is 0 Å². The van der Waals surface area contributed by atoms with Crippen LogP contribution in [0.15, 0.2) is 59.7 Å². The van der Waals surface area contributed by atoms with Gasteiger partial charge >= 0.3 is 0 Å². The summed E-state index contributed by atoms with van der Waals surface area (Å²) in [5.41, 5.74) is 5.09. The smallest absolute Gasteiger partial charge is 0.262 e. The van der Waals surface area contributed by atoms with E-state index in [-0.39, 0.29) is 11.8 Å². The Balaban J connectivity index is 1.85. The second-order valence-electron chi connectivity index (χ2n) is 6.12. The van der Waals surface area contributed by atoms with E-state index in [1.807, 2.05) is 30.3 Å². The summed E-state index contributed by atoms with van der Waals surface area (Å²) in [6.07, 6.45) is 1.58. The molecule has 0 radical (unpaired) electrons. The second-order valence-corrected chi connectivity index (χ2v) is 6.12. The highest BCUT2D eigenvalue weighted by Gasteiger charge is 2.15. The van der Waals surface area contributed by atoms with Crippen LogP contribution in [0.1, 0.15) is 48.2 Å². The first-order valence-corrected chi connectivity index (χ1v) is 8.26. The fraction of sp³-hybridized carbons (Fsp3) is 0.250. The third-order valence-corrected chi connectivity index (χ3v) is 3.77. The summed E-state index contributed by atoms with van der Waals surface area (Å²) in [4.78, 5) is 24.0. The van der Waals surface area contributed by atoms with Crippen molar-refractivity contribution in [1.29, 1.82) is 0 Å². The standard InChI is InChI=1S/C20H23N3O2/c1-14(2)17-11-9-16(10-12-17)13-21-23-19(24)15(3)22-20(25)18-7-5-4-6-8-18/h4-15H,1-3H3,(H,22,25)(H,23,24)/b21-13+. The zero-order valence-corrected chi connectivity index (χ0v) is 14.7. The Kier molecular flexibility index (Phi) is 6.46. The van der Waals surface area contributed by atoms with E-state index >= 15 is 0 Å². The lowest BCUT2D eigenvalue weighted by Crippen LogP contribution is -2.43. The minimum atomic E-state index is -0.687. The molecule has 2 rings (SSSR count). The summed E-state index contributed by atoms with van der Waals surface area (Å²) in [5, 5.41) is 6.58. The van der Waals surface area contributed by atoms with Crippen LogP contribution in [0.2, 0.25) is 0 Å². The van der Waals surface area contributed by atoms with E-state index in [0.29, 0.717) is 11.5 Å². The molecule has 1 unspecified atom stereocenters. The molecule has 1 atom stereocenters. The first-order valence-electron chi connectivity index (χ1n) is 8.26. The van der Waals surface area contributed by atoms with Crippen molar-refractivity contribution in [3.05, 3.63) is 71.3 Å². The number of carbonyl (C=O) groups excluding carboxylic acids is 2. The highest BCUT2D eigenvalue weighted by molar-refractivity contribution is 5.97. The molecular formula is C20H23N3O2. The Morgan fingerprint density at radius 2 is 1.60 bits per heavy atom. The SMILES string of the molecule is CC(NC(=O)c1ccccc1)C(=O)N/N=C/c1ccc(C(C)C)cc1. The van der Waals surface area contributed by atoms with Gasteiger partial charge in [-0.1, -0.05) is 56.3 Å². The molecular weight excluding hydrogens is 314 g/mol. The van der Waals surface area contributed by atoms with Crippen LogP contribution in [0.3, 0.4) is 0 Å². The first kappa shape index (κ1) is 18.4. The van der Waals surface area contributed by atoms with Gasteiger partial charge in [-0.15, -0.1) is 0 Å². The van der Waals surface area contributed by atoms with Crippen LogP contribution < -0.4 is 10.7 Å². The maximum atomic E-state index is 12.0. The summed E-state index contributed by atoms with van der Waals surface area (Å²) in [6, 6.07) is 16.0. The fourth-order valence-electron chi connectivity index (χ4n) is 2.17. The molecule has 0 aliphatic carbocycles. The summed E-state index contributed by atoms with van der Waals surface area (Å²) in [7, 11) is 0. The number of nitrogens with one attached hydrogen (secondary N) is 2. The molecule has 5 heteroatoms. The van der Waals surface area contributed by atoms with E-state index in [0.717, 1.165) is 5.56 Å². The average molecular weight is 337 g/mol. The summed E-state index contributed by atoms with van der Waals surface area (Å²) in [6.45, 7) is 5.88. The molecule has 25 heavy (non-hydrogen) atoms. The van der Waals surface area contributed by atoms with E-state index < -0.39 is 6.04 Å². The average Bonchev–Trinajstić information content (AvgIpc) is 2.62. The van der Waals surface area contributed by atoms with E-state index in [2.05, 4.69) is 29.7 Å². The van der Waals surface area contributed by atoms with Crippen LogP contribution in [-0.2, 0) is 4.79 Å². The largest absolute Gasteiger partial charge is 0.340 e. The van der Waals surface area contributed by atoms with Gasteiger partial charge in [0, 0.05) is 5.56 Å². The van der Waals surface area contributed by atoms with Crippen LogP contribution in [0.5, 0.6) is 0 Å². The summed E-state index contributed by atoms with van der Waals surface area (Å²) < 4.78 is 0. The van der Waals surface area contributed by atoms with Crippen LogP contribution in [0, 0.1) is 0 Å². The number of nitrogens with zero attached hydrogens (tertiary/aromatic N) is 1. The molecule has 0 spiro atoms. The van der Waals surface area contributed by atoms with Crippen molar-refractivity contribution in [2.24, 2.45) is 5.10 Å². The Labute approximate surface area is 148 Å². The number of benzene rings is 2. The van der Waals surface area contributed by atoms with E-state index in [4.69, 9.17) is 0 Å². The van der Waals surface area contributed by atoms with E-state index in [1.54, 1.807) is 37.4 Å². The third-order valence-electron chi connectivity index (χ3n) is 3.77. The lowest BCUT2D eigenvalue weighted by Gasteiger charge is -2.12. The molecule has 0 saturated heterocycles. The molecule has 0 heterocycles. The predicted octanol–water partition coefficient (Wildman–Crippen LogP) is 3.08. The zero-order chi connectivity index (χ0) is 18.2. The van der Waals surface area contributed by atoms with Crippen LogP contribution in [0.4, 0.5) is 0 Å². The predicted molar refractivity (Wildman–Crippen MR) is 99.6 cm³/mol. The number of carbonyl (C=O) groups is 2. The van der Waals surface area contributed by atoms with E-state index in [1.165, 1.54) is 5.56 Å². The lowest BCUT2D eigenvalue weighted by molar-refractivity contribution is -0.122. The van der Waals surface area contributed by atoms with Crippen LogP contribution in [-0.4, -0.2) is 24.1 Å². The quantitative estimate of drug-likeness (QED) is 0.628. The van der Waals surface area contributed by atoms with Crippen LogP contribution >= 0.6 is 0 Å². The summed E-state index contributed by atoms with van der Waals surface area (Å²) in [5.74, 6) is -0.199. The number of hydrazone groups is 1. The number of rotatable bonds is 6. The molecule has 0 fully saturated rings. The molecule has 0 aromatic heterocycles. The number of hydrogen-bond donors (Lipinski definition) is 2. The normalized spacial score (nSPS) is 12.2. The van der Waals surface area contributed by atoms with Gasteiger partial charge in [-0.25, -0.2) is 5.43 Å². The first-order chi connectivity index (χ1) is 12.0. The molecule has 0 aliphatic heterocycles. The molecule has 0 aliphatic rings. The minimum Gasteiger partial charge on any atom is -0.340 e. The monoisotopic (exact) mass is 337 g/mol. The Morgan fingerprint density at radius 3 is 2.20 bits per heavy atom. The van der Waals surface area contributed by atoms with Gasteiger partial charge < -0.3 is 5.32 Å². The van der Waals surface area contributed by atoms with Gasteiger partial charge in [-0.3, -0.25) is 9.59 Å². The lowest BCUT2D eigenvalue weighted by atomic mass is 10.0. The Bertz CT molecular complexity index is 737. The molecule has 0 saturated carbocycles.